The summed E-state index contributed by atoms with van der Waals surface area (Å²) in [4.78, 5) is 11.3. The van der Waals surface area contributed by atoms with Gasteiger partial charge in [-0.15, -0.1) is 0 Å². The number of allylic oxidation sites excluding steroid dienone is 2. The van der Waals surface area contributed by atoms with Gasteiger partial charge in [0, 0.05) is 6.42 Å². The maximum atomic E-state index is 11.3. The number of hydrogen-bond acceptors (Lipinski definition) is 3. The normalized spacial score (nSPS) is 35.4. The summed E-state index contributed by atoms with van der Waals surface area (Å²) < 4.78 is 10.1. The summed E-state index contributed by atoms with van der Waals surface area (Å²) in [6, 6.07) is 0. The van der Waals surface area contributed by atoms with Crippen molar-refractivity contribution in [3.8, 4) is 0 Å². The van der Waals surface area contributed by atoms with Crippen molar-refractivity contribution in [2.75, 3.05) is 6.61 Å². The van der Waals surface area contributed by atoms with Gasteiger partial charge < -0.3 is 9.47 Å². The average molecular weight is 180 g/mol. The van der Waals surface area contributed by atoms with Crippen LogP contribution in [-0.4, -0.2) is 18.7 Å². The summed E-state index contributed by atoms with van der Waals surface area (Å²) in [6.45, 7) is 0.547. The minimum Gasteiger partial charge on any atom is -0.429 e. The lowest BCUT2D eigenvalue weighted by Crippen LogP contribution is -2.12. The molecule has 0 N–H and O–H groups in total. The van der Waals surface area contributed by atoms with E-state index in [1.54, 1.807) is 0 Å². The van der Waals surface area contributed by atoms with E-state index >= 15 is 0 Å². The minimum atomic E-state index is -0.257. The smallest absolute Gasteiger partial charge is 0.342 e. The molecular weight excluding hydrogens is 168 g/mol. The van der Waals surface area contributed by atoms with Crippen molar-refractivity contribution < 1.29 is 14.3 Å². The van der Waals surface area contributed by atoms with Crippen molar-refractivity contribution >= 4 is 5.97 Å². The van der Waals surface area contributed by atoms with Crippen molar-refractivity contribution in [3.63, 3.8) is 0 Å². The highest BCUT2D eigenvalue weighted by atomic mass is 16.6. The van der Waals surface area contributed by atoms with E-state index in [0.717, 1.165) is 30.9 Å². The maximum Gasteiger partial charge on any atom is 0.342 e. The number of epoxide rings is 1. The fourth-order valence-electron chi connectivity index (χ4n) is 2.25. The first-order valence-corrected chi connectivity index (χ1v) is 4.87. The fraction of sp³-hybridized carbons (Fsp3) is 0.700. The van der Waals surface area contributed by atoms with E-state index in [4.69, 9.17) is 9.47 Å². The van der Waals surface area contributed by atoms with Gasteiger partial charge in [-0.25, -0.2) is 4.79 Å². The van der Waals surface area contributed by atoms with Crippen molar-refractivity contribution in [3.05, 3.63) is 11.3 Å². The molecule has 70 valence electrons. The first kappa shape index (κ1) is 7.56. The Morgan fingerprint density at radius 1 is 1.46 bits per heavy atom. The molecule has 3 aliphatic rings. The summed E-state index contributed by atoms with van der Waals surface area (Å²) in [7, 11) is 0. The Kier molecular flexibility index (Phi) is 1.50. The molecule has 0 aromatic rings. The van der Waals surface area contributed by atoms with Crippen LogP contribution in [0.5, 0.6) is 0 Å². The van der Waals surface area contributed by atoms with Gasteiger partial charge >= 0.3 is 5.97 Å². The summed E-state index contributed by atoms with van der Waals surface area (Å²) >= 11 is 0. The highest BCUT2D eigenvalue weighted by molar-refractivity contribution is 5.78. The van der Waals surface area contributed by atoms with Gasteiger partial charge in [-0.05, 0) is 30.8 Å². The van der Waals surface area contributed by atoms with Crippen LogP contribution < -0.4 is 0 Å². The highest BCUT2D eigenvalue weighted by Gasteiger charge is 2.37. The Hall–Kier alpha value is -0.830. The topological polar surface area (TPSA) is 38.8 Å². The van der Waals surface area contributed by atoms with Gasteiger partial charge in [0.25, 0.3) is 0 Å². The van der Waals surface area contributed by atoms with Gasteiger partial charge in [-0.3, -0.25) is 0 Å². The lowest BCUT2D eigenvalue weighted by atomic mass is 10.1. The Morgan fingerprint density at radius 3 is 2.85 bits per heavy atom. The molecule has 0 aromatic heterocycles. The van der Waals surface area contributed by atoms with Crippen LogP contribution in [-0.2, 0) is 14.3 Å². The number of carbonyl (C=O) groups excluding carboxylic acids is 1. The van der Waals surface area contributed by atoms with Crippen LogP contribution in [0.4, 0.5) is 0 Å². The van der Waals surface area contributed by atoms with E-state index in [1.807, 2.05) is 0 Å². The zero-order valence-corrected chi connectivity index (χ0v) is 7.41. The van der Waals surface area contributed by atoms with Crippen LogP contribution in [0.1, 0.15) is 25.7 Å². The second-order valence-corrected chi connectivity index (χ2v) is 4.08. The highest BCUT2D eigenvalue weighted by Crippen LogP contribution is 2.44. The maximum absolute atomic E-state index is 11.3. The standard InChI is InChI=1S/C10H12O3/c11-10(9-5-12-9)13-8-4-6-1-2-7(8)3-6/h6,9H,1-5H2. The fourth-order valence-corrected chi connectivity index (χ4v) is 2.25. The SMILES string of the molecule is O=C(OC1=C2CCC(C2)C1)C1CO1. The van der Waals surface area contributed by atoms with Crippen molar-refractivity contribution in [1.29, 1.82) is 0 Å². The summed E-state index contributed by atoms with van der Waals surface area (Å²) in [5.41, 5.74) is 1.37. The molecule has 2 atom stereocenters. The molecule has 3 heteroatoms. The lowest BCUT2D eigenvalue weighted by Gasteiger charge is -2.11. The molecule has 1 saturated heterocycles. The molecule has 0 aromatic carbocycles. The van der Waals surface area contributed by atoms with Crippen LogP contribution in [0.2, 0.25) is 0 Å². The number of fused-ring (bicyclic) bond motifs is 2. The van der Waals surface area contributed by atoms with Gasteiger partial charge in [0.05, 0.1) is 6.61 Å². The van der Waals surface area contributed by atoms with Crippen molar-refractivity contribution in [2.45, 2.75) is 31.8 Å². The number of esters is 1. The van der Waals surface area contributed by atoms with Crippen molar-refractivity contribution in [2.24, 2.45) is 5.92 Å². The van der Waals surface area contributed by atoms with Crippen LogP contribution >= 0.6 is 0 Å². The molecule has 1 aliphatic heterocycles. The minimum absolute atomic E-state index is 0.185. The summed E-state index contributed by atoms with van der Waals surface area (Å²) in [5, 5.41) is 0. The van der Waals surface area contributed by atoms with Gasteiger partial charge in [0.15, 0.2) is 6.10 Å². The van der Waals surface area contributed by atoms with E-state index in [2.05, 4.69) is 0 Å². The number of rotatable bonds is 2. The zero-order chi connectivity index (χ0) is 8.84. The Morgan fingerprint density at radius 2 is 2.31 bits per heavy atom. The number of ether oxygens (including phenoxy) is 2. The van der Waals surface area contributed by atoms with E-state index < -0.39 is 0 Å². The van der Waals surface area contributed by atoms with E-state index in [9.17, 15) is 4.79 Å². The second-order valence-electron chi connectivity index (χ2n) is 4.08. The number of hydrogen-bond donors (Lipinski definition) is 0. The van der Waals surface area contributed by atoms with E-state index in [-0.39, 0.29) is 12.1 Å². The first-order chi connectivity index (χ1) is 6.33. The second kappa shape index (κ2) is 2.58. The quantitative estimate of drug-likeness (QED) is 0.476. The molecule has 3 nitrogen and oxygen atoms in total. The van der Waals surface area contributed by atoms with Crippen molar-refractivity contribution in [1.82, 2.24) is 0 Å². The van der Waals surface area contributed by atoms with Gasteiger partial charge in [-0.2, -0.15) is 0 Å². The molecule has 1 saturated carbocycles. The largest absolute Gasteiger partial charge is 0.429 e. The molecule has 0 spiro atoms. The van der Waals surface area contributed by atoms with Gasteiger partial charge in [-0.1, -0.05) is 0 Å². The van der Waals surface area contributed by atoms with Gasteiger partial charge in [0.2, 0.25) is 0 Å². The third-order valence-electron chi connectivity index (χ3n) is 3.08. The average Bonchev–Trinajstić information content (AvgIpc) is 2.79. The molecule has 2 fully saturated rings. The van der Waals surface area contributed by atoms with Crippen LogP contribution in [0, 0.1) is 5.92 Å². The first-order valence-electron chi connectivity index (χ1n) is 4.87. The molecule has 0 radical (unpaired) electrons. The third-order valence-corrected chi connectivity index (χ3v) is 3.08. The molecular formula is C10H12O3. The van der Waals surface area contributed by atoms with Crippen LogP contribution in [0.3, 0.4) is 0 Å². The van der Waals surface area contributed by atoms with E-state index in [1.165, 1.54) is 12.0 Å². The van der Waals surface area contributed by atoms with Crippen LogP contribution in [0.25, 0.3) is 0 Å². The summed E-state index contributed by atoms with van der Waals surface area (Å²) in [5.74, 6) is 1.53. The molecule has 2 bridgehead atoms. The third kappa shape index (κ3) is 1.27. The summed E-state index contributed by atoms with van der Waals surface area (Å²) in [6.07, 6.45) is 4.31. The Labute approximate surface area is 76.7 Å². The molecule has 0 amide bonds. The molecule has 2 aliphatic carbocycles. The molecule has 2 unspecified atom stereocenters. The Bertz CT molecular complexity index is 289. The zero-order valence-electron chi connectivity index (χ0n) is 7.41. The monoisotopic (exact) mass is 180 g/mol. The van der Waals surface area contributed by atoms with Crippen LogP contribution in [0.15, 0.2) is 11.3 Å². The molecule has 3 rings (SSSR count). The predicted octanol–water partition coefficient (Wildman–Crippen LogP) is 1.39. The Balaban J connectivity index is 1.69. The van der Waals surface area contributed by atoms with Gasteiger partial charge in [0.1, 0.15) is 5.76 Å². The predicted molar refractivity (Wildman–Crippen MR) is 44.8 cm³/mol. The van der Waals surface area contributed by atoms with E-state index in [0.29, 0.717) is 6.61 Å². The number of carbonyl (C=O) groups is 1. The lowest BCUT2D eigenvalue weighted by molar-refractivity contribution is -0.141. The molecule has 13 heavy (non-hydrogen) atoms. The molecule has 1 heterocycles.